The van der Waals surface area contributed by atoms with Gasteiger partial charge in [0.15, 0.2) is 0 Å². The number of nitrogens with zero attached hydrogens (tertiary/aromatic N) is 2. The van der Waals surface area contributed by atoms with Crippen LogP contribution in [-0.2, 0) is 13.2 Å². The van der Waals surface area contributed by atoms with E-state index in [0.717, 1.165) is 6.20 Å². The number of alkyl halides is 2. The average molecular weight is 213 g/mol. The topological polar surface area (TPSA) is 82.9 Å². The van der Waals surface area contributed by atoms with Crippen molar-refractivity contribution in [1.82, 2.24) is 4.98 Å². The number of aliphatic hydroxyl groups excluding tert-OH is 1. The van der Waals surface area contributed by atoms with Gasteiger partial charge in [-0.1, -0.05) is 0 Å². The summed E-state index contributed by atoms with van der Waals surface area (Å²) in [5.74, 6) is 0. The number of pyridine rings is 1. The van der Waals surface area contributed by atoms with Crippen molar-refractivity contribution in [1.29, 1.82) is 5.26 Å². The van der Waals surface area contributed by atoms with Crippen molar-refractivity contribution in [3.8, 4) is 6.07 Å². The highest BCUT2D eigenvalue weighted by Crippen LogP contribution is 2.27. The summed E-state index contributed by atoms with van der Waals surface area (Å²) in [6, 6.07) is 1.74. The van der Waals surface area contributed by atoms with E-state index in [1.54, 1.807) is 6.07 Å². The molecule has 0 bridgehead atoms. The number of aliphatic hydroxyl groups is 1. The molecule has 1 aromatic heterocycles. The molecule has 0 radical (unpaired) electrons. The molecule has 1 rings (SSSR count). The van der Waals surface area contributed by atoms with E-state index < -0.39 is 18.6 Å². The van der Waals surface area contributed by atoms with Crippen LogP contribution in [0.15, 0.2) is 6.20 Å². The van der Waals surface area contributed by atoms with Crippen LogP contribution >= 0.6 is 0 Å². The van der Waals surface area contributed by atoms with Gasteiger partial charge in [0.05, 0.1) is 17.9 Å². The zero-order chi connectivity index (χ0) is 11.4. The highest BCUT2D eigenvalue weighted by atomic mass is 19.3. The summed E-state index contributed by atoms with van der Waals surface area (Å²) in [6.07, 6.45) is -1.66. The Balaban J connectivity index is 3.46. The lowest BCUT2D eigenvalue weighted by Gasteiger charge is -2.11. The Labute approximate surface area is 85.0 Å². The lowest BCUT2D eigenvalue weighted by molar-refractivity contribution is 0.145. The molecule has 80 valence electrons. The number of hydrogen-bond donors (Lipinski definition) is 2. The maximum Gasteiger partial charge on any atom is 0.266 e. The molecule has 0 aliphatic rings. The molecule has 0 aliphatic heterocycles. The van der Waals surface area contributed by atoms with Gasteiger partial charge in [-0.3, -0.25) is 4.98 Å². The van der Waals surface area contributed by atoms with Crippen LogP contribution in [0.25, 0.3) is 0 Å². The molecular weight excluding hydrogens is 204 g/mol. The van der Waals surface area contributed by atoms with Gasteiger partial charge >= 0.3 is 0 Å². The Morgan fingerprint density at radius 1 is 1.60 bits per heavy atom. The molecule has 0 atom stereocenters. The fourth-order valence-corrected chi connectivity index (χ4v) is 1.31. The first kappa shape index (κ1) is 11.5. The van der Waals surface area contributed by atoms with E-state index in [9.17, 15) is 8.78 Å². The van der Waals surface area contributed by atoms with Gasteiger partial charge in [-0.05, 0) is 5.56 Å². The van der Waals surface area contributed by atoms with Gasteiger partial charge in [-0.25, -0.2) is 8.78 Å². The summed E-state index contributed by atoms with van der Waals surface area (Å²) in [6.45, 7) is -0.781. The van der Waals surface area contributed by atoms with Crippen LogP contribution in [0.4, 0.5) is 8.78 Å². The van der Waals surface area contributed by atoms with Gasteiger partial charge in [0, 0.05) is 18.3 Å². The number of nitriles is 1. The Morgan fingerprint density at radius 3 is 2.67 bits per heavy atom. The summed E-state index contributed by atoms with van der Waals surface area (Å²) in [5.41, 5.74) is 4.79. The van der Waals surface area contributed by atoms with Gasteiger partial charge in [-0.15, -0.1) is 0 Å². The Hall–Kier alpha value is -1.58. The molecule has 0 fully saturated rings. The first-order chi connectivity index (χ1) is 7.15. The Kier molecular flexibility index (Phi) is 3.66. The molecule has 0 aliphatic carbocycles. The number of rotatable bonds is 3. The van der Waals surface area contributed by atoms with Crippen molar-refractivity contribution in [2.24, 2.45) is 5.73 Å². The van der Waals surface area contributed by atoms with Crippen LogP contribution in [0, 0.1) is 11.3 Å². The molecule has 0 unspecified atom stereocenters. The predicted octanol–water partition coefficient (Wildman–Crippen LogP) is 0.842. The fraction of sp³-hybridized carbons (Fsp3) is 0.333. The third-order valence-electron chi connectivity index (χ3n) is 2.00. The molecule has 0 saturated carbocycles. The lowest BCUT2D eigenvalue weighted by atomic mass is 10.0. The molecule has 0 amide bonds. The SMILES string of the molecule is N#Cc1cnc(CO)c(C(F)F)c1CN. The van der Waals surface area contributed by atoms with Crippen molar-refractivity contribution >= 4 is 0 Å². The minimum Gasteiger partial charge on any atom is -0.390 e. The van der Waals surface area contributed by atoms with E-state index in [1.807, 2.05) is 0 Å². The maximum absolute atomic E-state index is 12.7. The van der Waals surface area contributed by atoms with Crippen molar-refractivity contribution in [3.63, 3.8) is 0 Å². The van der Waals surface area contributed by atoms with Crippen molar-refractivity contribution in [2.45, 2.75) is 19.6 Å². The average Bonchev–Trinajstić information content (AvgIpc) is 2.26. The zero-order valence-corrected chi connectivity index (χ0v) is 7.74. The molecule has 15 heavy (non-hydrogen) atoms. The zero-order valence-electron chi connectivity index (χ0n) is 7.74. The van der Waals surface area contributed by atoms with Crippen molar-refractivity contribution < 1.29 is 13.9 Å². The quantitative estimate of drug-likeness (QED) is 0.779. The van der Waals surface area contributed by atoms with E-state index in [4.69, 9.17) is 16.1 Å². The van der Waals surface area contributed by atoms with E-state index in [2.05, 4.69) is 4.98 Å². The van der Waals surface area contributed by atoms with Crippen LogP contribution < -0.4 is 5.73 Å². The molecule has 1 heterocycles. The minimum absolute atomic E-state index is 0.0185. The van der Waals surface area contributed by atoms with Crippen molar-refractivity contribution in [3.05, 3.63) is 28.6 Å². The standard InChI is InChI=1S/C9H9F2N3O/c10-9(11)8-6(2-13)5(1-12)3-14-7(8)4-15/h3,9,15H,2,4,13H2. The molecule has 0 saturated heterocycles. The third-order valence-corrected chi connectivity index (χ3v) is 2.00. The highest BCUT2D eigenvalue weighted by molar-refractivity contribution is 5.43. The number of aromatic nitrogens is 1. The molecule has 0 aromatic carbocycles. The van der Waals surface area contributed by atoms with Gasteiger partial charge in [-0.2, -0.15) is 5.26 Å². The number of hydrogen-bond acceptors (Lipinski definition) is 4. The smallest absolute Gasteiger partial charge is 0.266 e. The third kappa shape index (κ3) is 2.09. The predicted molar refractivity (Wildman–Crippen MR) is 47.7 cm³/mol. The normalized spacial score (nSPS) is 10.4. The Bertz CT molecular complexity index is 401. The summed E-state index contributed by atoms with van der Waals surface area (Å²) >= 11 is 0. The fourth-order valence-electron chi connectivity index (χ4n) is 1.31. The van der Waals surface area contributed by atoms with Gasteiger partial charge in [0.2, 0.25) is 0 Å². The molecular formula is C9H9F2N3O. The van der Waals surface area contributed by atoms with Gasteiger partial charge in [0.1, 0.15) is 6.07 Å². The number of nitrogens with two attached hydrogens (primary N) is 1. The first-order valence-electron chi connectivity index (χ1n) is 4.15. The van der Waals surface area contributed by atoms with Crippen LogP contribution in [0.5, 0.6) is 0 Å². The maximum atomic E-state index is 12.7. The lowest BCUT2D eigenvalue weighted by Crippen LogP contribution is -2.10. The van der Waals surface area contributed by atoms with E-state index in [1.165, 1.54) is 0 Å². The van der Waals surface area contributed by atoms with Crippen LogP contribution in [0.1, 0.15) is 28.8 Å². The second-order valence-electron chi connectivity index (χ2n) is 2.79. The largest absolute Gasteiger partial charge is 0.390 e. The monoisotopic (exact) mass is 213 g/mol. The summed E-state index contributed by atoms with van der Waals surface area (Å²) in [4.78, 5) is 3.59. The van der Waals surface area contributed by atoms with E-state index in [0.29, 0.717) is 0 Å². The summed E-state index contributed by atoms with van der Waals surface area (Å²) < 4.78 is 25.3. The molecule has 3 N–H and O–H groups in total. The van der Waals surface area contributed by atoms with E-state index in [-0.39, 0.29) is 23.4 Å². The summed E-state index contributed by atoms with van der Waals surface area (Å²) in [7, 11) is 0. The van der Waals surface area contributed by atoms with E-state index >= 15 is 0 Å². The number of halogens is 2. The first-order valence-corrected chi connectivity index (χ1v) is 4.15. The Morgan fingerprint density at radius 2 is 2.27 bits per heavy atom. The molecule has 4 nitrogen and oxygen atoms in total. The van der Waals surface area contributed by atoms with Crippen molar-refractivity contribution in [2.75, 3.05) is 0 Å². The molecule has 1 aromatic rings. The minimum atomic E-state index is -2.80. The second-order valence-corrected chi connectivity index (χ2v) is 2.79. The highest BCUT2D eigenvalue weighted by Gasteiger charge is 2.20. The molecule has 6 heteroatoms. The van der Waals surface area contributed by atoms with Crippen LogP contribution in [-0.4, -0.2) is 10.1 Å². The van der Waals surface area contributed by atoms with Gasteiger partial charge in [0.25, 0.3) is 6.43 Å². The van der Waals surface area contributed by atoms with Gasteiger partial charge < -0.3 is 10.8 Å². The van der Waals surface area contributed by atoms with Crippen LogP contribution in [0.2, 0.25) is 0 Å². The molecule has 0 spiro atoms. The summed E-state index contributed by atoms with van der Waals surface area (Å²) in [5, 5.41) is 17.5. The second kappa shape index (κ2) is 4.77. The van der Waals surface area contributed by atoms with Crippen LogP contribution in [0.3, 0.4) is 0 Å².